The SMILES string of the molecule is Cc1ccc(Oc2ccc(Nc3ncnc4cccc(OC[C@@H]5CCCCN5)c34)cc2C)cn1. The maximum atomic E-state index is 6.25. The molecule has 5 rings (SSSR count). The van der Waals surface area contributed by atoms with E-state index in [1.807, 2.05) is 62.4 Å². The number of piperidine rings is 1. The average molecular weight is 456 g/mol. The van der Waals surface area contributed by atoms with E-state index in [9.17, 15) is 0 Å². The zero-order valence-corrected chi connectivity index (χ0v) is 19.5. The third-order valence-corrected chi connectivity index (χ3v) is 6.03. The van der Waals surface area contributed by atoms with Crippen LogP contribution in [-0.2, 0) is 0 Å². The zero-order chi connectivity index (χ0) is 23.3. The van der Waals surface area contributed by atoms with E-state index in [0.717, 1.165) is 52.3 Å². The van der Waals surface area contributed by atoms with Gasteiger partial charge in [-0.1, -0.05) is 12.5 Å². The molecule has 2 N–H and O–H groups in total. The molecule has 174 valence electrons. The second-order valence-corrected chi connectivity index (χ2v) is 8.67. The third-order valence-electron chi connectivity index (χ3n) is 6.03. The van der Waals surface area contributed by atoms with Crippen molar-refractivity contribution in [1.82, 2.24) is 20.3 Å². The van der Waals surface area contributed by atoms with Gasteiger partial charge in [0, 0.05) is 17.4 Å². The van der Waals surface area contributed by atoms with Crippen molar-refractivity contribution in [1.29, 1.82) is 0 Å². The van der Waals surface area contributed by atoms with Crippen LogP contribution in [0.3, 0.4) is 0 Å². The minimum atomic E-state index is 0.379. The van der Waals surface area contributed by atoms with E-state index in [4.69, 9.17) is 9.47 Å². The largest absolute Gasteiger partial charge is 0.491 e. The molecule has 0 spiro atoms. The molecule has 1 atom stereocenters. The van der Waals surface area contributed by atoms with Crippen LogP contribution < -0.4 is 20.1 Å². The number of anilines is 2. The minimum Gasteiger partial charge on any atom is -0.491 e. The molecule has 2 aromatic heterocycles. The Hall–Kier alpha value is -3.71. The van der Waals surface area contributed by atoms with Crippen LogP contribution in [0.4, 0.5) is 11.5 Å². The predicted octanol–water partition coefficient (Wildman–Crippen LogP) is 5.70. The summed E-state index contributed by atoms with van der Waals surface area (Å²) in [6.45, 7) is 5.66. The molecule has 3 heterocycles. The van der Waals surface area contributed by atoms with Gasteiger partial charge in [-0.25, -0.2) is 9.97 Å². The molecule has 1 aliphatic heterocycles. The number of hydrogen-bond donors (Lipinski definition) is 2. The van der Waals surface area contributed by atoms with Crippen LogP contribution in [0.1, 0.15) is 30.5 Å². The number of nitrogens with zero attached hydrogens (tertiary/aromatic N) is 3. The maximum absolute atomic E-state index is 6.25. The first-order valence-electron chi connectivity index (χ1n) is 11.7. The summed E-state index contributed by atoms with van der Waals surface area (Å²) in [5, 5.41) is 7.86. The number of benzene rings is 2. The van der Waals surface area contributed by atoms with Crippen molar-refractivity contribution in [2.75, 3.05) is 18.5 Å². The van der Waals surface area contributed by atoms with E-state index in [1.54, 1.807) is 12.5 Å². The van der Waals surface area contributed by atoms with Crippen molar-refractivity contribution < 1.29 is 9.47 Å². The van der Waals surface area contributed by atoms with E-state index in [2.05, 4.69) is 25.6 Å². The summed E-state index contributed by atoms with van der Waals surface area (Å²) in [5.74, 6) is 3.00. The molecule has 7 nitrogen and oxygen atoms in total. The highest BCUT2D eigenvalue weighted by Crippen LogP contribution is 2.33. The number of nitrogens with one attached hydrogen (secondary N) is 2. The van der Waals surface area contributed by atoms with Crippen LogP contribution in [-0.4, -0.2) is 34.1 Å². The Morgan fingerprint density at radius 3 is 2.74 bits per heavy atom. The Bertz CT molecular complexity index is 1260. The van der Waals surface area contributed by atoms with Crippen LogP contribution in [0.2, 0.25) is 0 Å². The van der Waals surface area contributed by atoms with Crippen molar-refractivity contribution in [3.05, 3.63) is 72.3 Å². The number of pyridine rings is 1. The summed E-state index contributed by atoms with van der Waals surface area (Å²) in [6, 6.07) is 16.1. The Labute approximate surface area is 199 Å². The van der Waals surface area contributed by atoms with Gasteiger partial charge in [0.25, 0.3) is 0 Å². The molecule has 0 unspecified atom stereocenters. The van der Waals surface area contributed by atoms with E-state index >= 15 is 0 Å². The van der Waals surface area contributed by atoms with Crippen LogP contribution in [0.15, 0.2) is 61.1 Å². The van der Waals surface area contributed by atoms with Gasteiger partial charge in [0.2, 0.25) is 0 Å². The second kappa shape index (κ2) is 10.1. The summed E-state index contributed by atoms with van der Waals surface area (Å²) < 4.78 is 12.3. The van der Waals surface area contributed by atoms with E-state index < -0.39 is 0 Å². The molecule has 0 saturated carbocycles. The monoisotopic (exact) mass is 455 g/mol. The van der Waals surface area contributed by atoms with Gasteiger partial charge in [-0.05, 0) is 81.3 Å². The molecular formula is C27H29N5O2. The Balaban J connectivity index is 1.36. The van der Waals surface area contributed by atoms with Gasteiger partial charge >= 0.3 is 0 Å². The van der Waals surface area contributed by atoms with Crippen molar-refractivity contribution in [2.45, 2.75) is 39.2 Å². The normalized spacial score (nSPS) is 15.8. The fourth-order valence-corrected chi connectivity index (χ4v) is 4.17. The molecule has 0 aliphatic carbocycles. The molecule has 0 bridgehead atoms. The van der Waals surface area contributed by atoms with Gasteiger partial charge in [0.15, 0.2) is 0 Å². The first kappa shape index (κ1) is 22.1. The highest BCUT2D eigenvalue weighted by Gasteiger charge is 2.16. The number of rotatable bonds is 7. The van der Waals surface area contributed by atoms with Crippen LogP contribution in [0.5, 0.6) is 17.2 Å². The molecule has 34 heavy (non-hydrogen) atoms. The van der Waals surface area contributed by atoms with Gasteiger partial charge in [-0.2, -0.15) is 0 Å². The number of fused-ring (bicyclic) bond motifs is 1. The lowest BCUT2D eigenvalue weighted by molar-refractivity contribution is 0.241. The van der Waals surface area contributed by atoms with Crippen molar-refractivity contribution in [3.63, 3.8) is 0 Å². The summed E-state index contributed by atoms with van der Waals surface area (Å²) in [6.07, 6.45) is 6.92. The Kier molecular flexibility index (Phi) is 6.53. The van der Waals surface area contributed by atoms with E-state index in [-0.39, 0.29) is 0 Å². The number of aromatic nitrogens is 3. The minimum absolute atomic E-state index is 0.379. The van der Waals surface area contributed by atoms with Gasteiger partial charge in [-0.3, -0.25) is 4.98 Å². The molecule has 7 heteroatoms. The van der Waals surface area contributed by atoms with Crippen molar-refractivity contribution >= 4 is 22.4 Å². The fraction of sp³-hybridized carbons (Fsp3) is 0.296. The molecule has 2 aromatic carbocycles. The van der Waals surface area contributed by atoms with Gasteiger partial charge in [-0.15, -0.1) is 0 Å². The molecule has 4 aromatic rings. The zero-order valence-electron chi connectivity index (χ0n) is 19.5. The predicted molar refractivity (Wildman–Crippen MR) is 134 cm³/mol. The molecule has 0 amide bonds. The van der Waals surface area contributed by atoms with Crippen molar-refractivity contribution in [3.8, 4) is 17.2 Å². The maximum Gasteiger partial charge on any atom is 0.145 e. The second-order valence-electron chi connectivity index (χ2n) is 8.67. The molecule has 1 aliphatic rings. The molecule has 1 saturated heterocycles. The standard InChI is InChI=1S/C27H29N5O2/c1-18-14-20(10-12-24(18)34-22-11-9-19(2)29-15-22)32-27-26-23(30-17-31-27)7-5-8-25(26)33-16-21-6-3-4-13-28-21/h5,7-12,14-15,17,21,28H,3-4,6,13,16H2,1-2H3,(H,30,31,32)/t21-/m0/s1. The summed E-state index contributed by atoms with van der Waals surface area (Å²) in [5.41, 5.74) is 3.72. The smallest absolute Gasteiger partial charge is 0.145 e. The molecule has 0 radical (unpaired) electrons. The first-order chi connectivity index (χ1) is 16.7. The van der Waals surface area contributed by atoms with Crippen LogP contribution >= 0.6 is 0 Å². The first-order valence-corrected chi connectivity index (χ1v) is 11.7. The van der Waals surface area contributed by atoms with Crippen LogP contribution in [0, 0.1) is 13.8 Å². The highest BCUT2D eigenvalue weighted by molar-refractivity contribution is 5.95. The van der Waals surface area contributed by atoms with Crippen LogP contribution in [0.25, 0.3) is 10.9 Å². The van der Waals surface area contributed by atoms with Gasteiger partial charge in [0.05, 0.1) is 17.1 Å². The van der Waals surface area contributed by atoms with Gasteiger partial charge < -0.3 is 20.1 Å². The summed E-state index contributed by atoms with van der Waals surface area (Å²) in [4.78, 5) is 13.3. The lowest BCUT2D eigenvalue weighted by atomic mass is 10.1. The van der Waals surface area contributed by atoms with E-state index in [0.29, 0.717) is 24.2 Å². The highest BCUT2D eigenvalue weighted by atomic mass is 16.5. The summed E-state index contributed by atoms with van der Waals surface area (Å²) >= 11 is 0. The number of ether oxygens (including phenoxy) is 2. The average Bonchev–Trinajstić information content (AvgIpc) is 2.86. The number of aryl methyl sites for hydroxylation is 2. The molecule has 1 fully saturated rings. The Morgan fingerprint density at radius 1 is 1.00 bits per heavy atom. The van der Waals surface area contributed by atoms with Crippen molar-refractivity contribution in [2.24, 2.45) is 0 Å². The summed E-state index contributed by atoms with van der Waals surface area (Å²) in [7, 11) is 0. The topological polar surface area (TPSA) is 81.2 Å². The quantitative estimate of drug-likeness (QED) is 0.370. The lowest BCUT2D eigenvalue weighted by Gasteiger charge is -2.24. The fourth-order valence-electron chi connectivity index (χ4n) is 4.17. The van der Waals surface area contributed by atoms with Gasteiger partial charge in [0.1, 0.15) is 36.0 Å². The Morgan fingerprint density at radius 2 is 1.94 bits per heavy atom. The van der Waals surface area contributed by atoms with E-state index in [1.165, 1.54) is 12.8 Å². The third kappa shape index (κ3) is 5.10. The lowest BCUT2D eigenvalue weighted by Crippen LogP contribution is -2.38. The molecular weight excluding hydrogens is 426 g/mol. The number of hydrogen-bond acceptors (Lipinski definition) is 7.